The van der Waals surface area contributed by atoms with Gasteiger partial charge >= 0.3 is 6.03 Å². The number of urea groups is 1. The van der Waals surface area contributed by atoms with Gasteiger partial charge in [-0.3, -0.25) is 9.78 Å². The second-order valence-electron chi connectivity index (χ2n) is 8.69. The van der Waals surface area contributed by atoms with Crippen LogP contribution in [0.2, 0.25) is 0 Å². The Bertz CT molecular complexity index is 1500. The summed E-state index contributed by atoms with van der Waals surface area (Å²) in [7, 11) is 0. The van der Waals surface area contributed by atoms with Crippen molar-refractivity contribution in [2.45, 2.75) is 26.1 Å². The van der Waals surface area contributed by atoms with Crippen LogP contribution in [0.25, 0.3) is 33.3 Å². The van der Waals surface area contributed by atoms with Gasteiger partial charge in [-0.05, 0) is 60.0 Å². The normalized spacial score (nSPS) is 12.0. The summed E-state index contributed by atoms with van der Waals surface area (Å²) < 4.78 is 1.71. The van der Waals surface area contributed by atoms with Crippen molar-refractivity contribution in [3.8, 4) is 22.4 Å². The number of benzene rings is 3. The Hall–Kier alpha value is -4.47. The Balaban J connectivity index is 1.28. The van der Waals surface area contributed by atoms with E-state index in [-0.39, 0.29) is 6.03 Å². The minimum Gasteiger partial charge on any atom is -0.391 e. The molecule has 9 heteroatoms. The molecule has 5 rings (SSSR count). The van der Waals surface area contributed by atoms with Gasteiger partial charge in [0, 0.05) is 35.1 Å². The Kier molecular flexibility index (Phi) is 6.48. The Labute approximate surface area is 208 Å². The minimum absolute atomic E-state index is 0.319. The van der Waals surface area contributed by atoms with E-state index in [2.05, 4.69) is 25.9 Å². The van der Waals surface area contributed by atoms with Crippen molar-refractivity contribution >= 4 is 28.3 Å². The molecular formula is C27H27N7O2. The maximum atomic E-state index is 12.4. The Morgan fingerprint density at radius 3 is 2.58 bits per heavy atom. The van der Waals surface area contributed by atoms with Crippen LogP contribution in [0.5, 0.6) is 0 Å². The number of aromatic nitrogens is 4. The molecule has 1 atom stereocenters. The Morgan fingerprint density at radius 1 is 1.03 bits per heavy atom. The van der Waals surface area contributed by atoms with Crippen LogP contribution >= 0.6 is 0 Å². The van der Waals surface area contributed by atoms with Crippen molar-refractivity contribution in [1.82, 2.24) is 20.0 Å². The number of fused-ring (bicyclic) bond motifs is 1. The highest BCUT2D eigenvalue weighted by atomic mass is 16.3. The first-order valence-electron chi connectivity index (χ1n) is 11.6. The maximum Gasteiger partial charge on any atom is 0.323 e. The van der Waals surface area contributed by atoms with E-state index < -0.39 is 6.10 Å². The number of aliphatic hydroxyl groups is 1. The topological polar surface area (TPSA) is 134 Å². The van der Waals surface area contributed by atoms with Crippen LogP contribution in [0.4, 0.5) is 16.2 Å². The molecular weight excluding hydrogens is 454 g/mol. The lowest BCUT2D eigenvalue weighted by molar-refractivity contribution is 0.168. The number of hydrogen-bond donors (Lipinski definition) is 5. The average Bonchev–Trinajstić information content (AvgIpc) is 3.50. The number of rotatable bonds is 7. The fourth-order valence-corrected chi connectivity index (χ4v) is 4.09. The zero-order chi connectivity index (χ0) is 25.1. The average molecular weight is 482 g/mol. The first kappa shape index (κ1) is 23.3. The fraction of sp³-hybridized carbons (Fsp3) is 0.148. The number of aliphatic hydroxyl groups excluding tert-OH is 1. The molecule has 36 heavy (non-hydrogen) atoms. The molecule has 0 fully saturated rings. The van der Waals surface area contributed by atoms with E-state index in [0.717, 1.165) is 38.9 Å². The van der Waals surface area contributed by atoms with Crippen molar-refractivity contribution in [1.29, 1.82) is 0 Å². The molecule has 0 aliphatic carbocycles. The van der Waals surface area contributed by atoms with Gasteiger partial charge in [0.1, 0.15) is 5.69 Å². The standard InChI is InChI=1S/C27H27N7O2/c1-17(35)15-34-16-21(14-29-34)26-24-10-7-20(12-25(24)32-33-26)19-5-8-22(9-6-19)30-27(36)31-23-4-2-3-18(11-23)13-28/h2-12,14,16-17,35H,13,15,28H2,1H3,(H,32,33)(H2,30,31,36). The summed E-state index contributed by atoms with van der Waals surface area (Å²) in [5.41, 5.74) is 12.6. The van der Waals surface area contributed by atoms with Crippen molar-refractivity contribution < 1.29 is 9.90 Å². The van der Waals surface area contributed by atoms with Crippen LogP contribution in [0.1, 0.15) is 12.5 Å². The van der Waals surface area contributed by atoms with E-state index in [1.165, 1.54) is 0 Å². The smallest absolute Gasteiger partial charge is 0.323 e. The summed E-state index contributed by atoms with van der Waals surface area (Å²) in [6.45, 7) is 2.58. The van der Waals surface area contributed by atoms with Gasteiger partial charge in [-0.2, -0.15) is 10.2 Å². The molecule has 3 aromatic carbocycles. The number of H-pyrrole nitrogens is 1. The number of nitrogens with two attached hydrogens (primary N) is 1. The summed E-state index contributed by atoms with van der Waals surface area (Å²) in [5.74, 6) is 0. The number of aromatic amines is 1. The largest absolute Gasteiger partial charge is 0.391 e. The maximum absolute atomic E-state index is 12.4. The van der Waals surface area contributed by atoms with Gasteiger partial charge in [0.05, 0.1) is 24.4 Å². The first-order valence-corrected chi connectivity index (χ1v) is 11.6. The molecule has 0 bridgehead atoms. The summed E-state index contributed by atoms with van der Waals surface area (Å²) >= 11 is 0. The van der Waals surface area contributed by atoms with E-state index in [1.807, 2.05) is 72.9 Å². The Morgan fingerprint density at radius 2 is 1.81 bits per heavy atom. The lowest BCUT2D eigenvalue weighted by Gasteiger charge is -2.09. The van der Waals surface area contributed by atoms with Gasteiger partial charge in [0.15, 0.2) is 0 Å². The number of amides is 2. The highest BCUT2D eigenvalue weighted by molar-refractivity contribution is 6.00. The van der Waals surface area contributed by atoms with Gasteiger partial charge in [0.25, 0.3) is 0 Å². The number of anilines is 2. The molecule has 1 unspecified atom stereocenters. The molecule has 0 spiro atoms. The van der Waals surface area contributed by atoms with Crippen LogP contribution in [0, 0.1) is 0 Å². The van der Waals surface area contributed by atoms with E-state index >= 15 is 0 Å². The third-order valence-electron chi connectivity index (χ3n) is 5.82. The summed E-state index contributed by atoms with van der Waals surface area (Å²) in [6, 6.07) is 20.9. The van der Waals surface area contributed by atoms with Crippen molar-refractivity contribution in [3.63, 3.8) is 0 Å². The quantitative estimate of drug-likeness (QED) is 0.232. The minimum atomic E-state index is -0.472. The van der Waals surface area contributed by atoms with Gasteiger partial charge in [-0.25, -0.2) is 4.79 Å². The van der Waals surface area contributed by atoms with Crippen LogP contribution < -0.4 is 16.4 Å². The third-order valence-corrected chi connectivity index (χ3v) is 5.82. The van der Waals surface area contributed by atoms with Gasteiger partial charge < -0.3 is 21.5 Å². The van der Waals surface area contributed by atoms with Crippen LogP contribution in [0.15, 0.2) is 79.1 Å². The van der Waals surface area contributed by atoms with Crippen LogP contribution in [-0.2, 0) is 13.1 Å². The molecule has 182 valence electrons. The lowest BCUT2D eigenvalue weighted by Crippen LogP contribution is -2.19. The summed E-state index contributed by atoms with van der Waals surface area (Å²) in [4.78, 5) is 12.4. The first-order chi connectivity index (χ1) is 17.5. The van der Waals surface area contributed by atoms with Crippen LogP contribution in [0.3, 0.4) is 0 Å². The number of carbonyl (C=O) groups excluding carboxylic acids is 1. The predicted octanol–water partition coefficient (Wildman–Crippen LogP) is 4.58. The second-order valence-corrected chi connectivity index (χ2v) is 8.69. The number of nitrogens with one attached hydrogen (secondary N) is 3. The molecule has 5 aromatic rings. The molecule has 0 saturated carbocycles. The van der Waals surface area contributed by atoms with Gasteiger partial charge in [0.2, 0.25) is 0 Å². The fourth-order valence-electron chi connectivity index (χ4n) is 4.09. The molecule has 0 aliphatic heterocycles. The zero-order valence-electron chi connectivity index (χ0n) is 19.8. The predicted molar refractivity (Wildman–Crippen MR) is 141 cm³/mol. The number of hydrogen-bond acceptors (Lipinski definition) is 5. The van der Waals surface area contributed by atoms with E-state index in [0.29, 0.717) is 24.5 Å². The van der Waals surface area contributed by atoms with Crippen molar-refractivity contribution in [3.05, 3.63) is 84.7 Å². The second kappa shape index (κ2) is 10.0. The molecule has 6 N–H and O–H groups in total. The van der Waals surface area contributed by atoms with E-state index in [1.54, 1.807) is 17.8 Å². The van der Waals surface area contributed by atoms with Crippen molar-refractivity contribution in [2.24, 2.45) is 5.73 Å². The van der Waals surface area contributed by atoms with E-state index in [9.17, 15) is 9.90 Å². The monoisotopic (exact) mass is 481 g/mol. The van der Waals surface area contributed by atoms with Crippen LogP contribution in [-0.4, -0.2) is 37.2 Å². The van der Waals surface area contributed by atoms with Crippen molar-refractivity contribution in [2.75, 3.05) is 10.6 Å². The summed E-state index contributed by atoms with van der Waals surface area (Å²) in [6.07, 6.45) is 3.16. The molecule has 0 aliphatic rings. The molecule has 0 saturated heterocycles. The molecule has 9 nitrogen and oxygen atoms in total. The number of carbonyl (C=O) groups is 1. The lowest BCUT2D eigenvalue weighted by atomic mass is 10.0. The van der Waals surface area contributed by atoms with Gasteiger partial charge in [-0.1, -0.05) is 30.3 Å². The zero-order valence-corrected chi connectivity index (χ0v) is 19.8. The third kappa shape index (κ3) is 5.12. The molecule has 0 radical (unpaired) electrons. The summed E-state index contributed by atoms with van der Waals surface area (Å²) in [5, 5.41) is 28.1. The molecule has 2 amide bonds. The number of nitrogens with zero attached hydrogens (tertiary/aromatic N) is 3. The molecule has 2 aromatic heterocycles. The SMILES string of the molecule is CC(O)Cn1cc(-c2n[nH]c3cc(-c4ccc(NC(=O)Nc5cccc(CN)c5)cc4)ccc23)cn1. The molecule has 2 heterocycles. The van der Waals surface area contributed by atoms with E-state index in [4.69, 9.17) is 5.73 Å². The van der Waals surface area contributed by atoms with Gasteiger partial charge in [-0.15, -0.1) is 0 Å². The highest BCUT2D eigenvalue weighted by Gasteiger charge is 2.12. The highest BCUT2D eigenvalue weighted by Crippen LogP contribution is 2.30.